The molecule has 0 aliphatic rings. The number of hydrogen-bond donors (Lipinski definition) is 1. The fourth-order valence-corrected chi connectivity index (χ4v) is 2.32. The molecule has 0 atom stereocenters. The van der Waals surface area contributed by atoms with Crippen LogP contribution in [0.15, 0.2) is 12.1 Å². The highest BCUT2D eigenvalue weighted by Crippen LogP contribution is 2.34. The fraction of sp³-hybridized carbons (Fsp3) is 0.231. The molecular weight excluding hydrogens is 285 g/mol. The van der Waals surface area contributed by atoms with E-state index in [4.69, 9.17) is 22.1 Å². The molecule has 20 heavy (non-hydrogen) atoms. The zero-order chi connectivity index (χ0) is 15.0. The molecule has 0 radical (unpaired) electrons. The van der Waals surface area contributed by atoms with Gasteiger partial charge in [-0.2, -0.15) is 5.10 Å². The van der Waals surface area contributed by atoms with Gasteiger partial charge in [0.2, 0.25) is 0 Å². The monoisotopic (exact) mass is 297 g/mol. The van der Waals surface area contributed by atoms with Crippen molar-refractivity contribution >= 4 is 17.5 Å². The van der Waals surface area contributed by atoms with E-state index in [0.29, 0.717) is 17.0 Å². The molecule has 1 aromatic heterocycles. The van der Waals surface area contributed by atoms with Gasteiger partial charge in [-0.15, -0.1) is 0 Å². The van der Waals surface area contributed by atoms with Crippen LogP contribution in [0.2, 0.25) is 5.02 Å². The number of nitrogens with two attached hydrogens (primary N) is 1. The second-order valence-corrected chi connectivity index (χ2v) is 4.68. The number of carbonyl (C=O) groups excluding carboxylic acids is 1. The lowest BCUT2D eigenvalue weighted by Crippen LogP contribution is -2.16. The van der Waals surface area contributed by atoms with Crippen molar-refractivity contribution in [1.82, 2.24) is 9.78 Å². The van der Waals surface area contributed by atoms with E-state index in [0.717, 1.165) is 6.07 Å². The summed E-state index contributed by atoms with van der Waals surface area (Å²) in [6.45, 7) is 1.66. The van der Waals surface area contributed by atoms with Crippen molar-refractivity contribution in [3.05, 3.63) is 34.2 Å². The van der Waals surface area contributed by atoms with E-state index in [1.165, 1.54) is 17.9 Å². The van der Waals surface area contributed by atoms with Crippen LogP contribution in [0.4, 0.5) is 4.39 Å². The number of aryl methyl sites for hydroxylation is 1. The van der Waals surface area contributed by atoms with Crippen LogP contribution in [0.25, 0.3) is 11.3 Å². The van der Waals surface area contributed by atoms with Gasteiger partial charge in [0.1, 0.15) is 17.3 Å². The number of amides is 1. The first-order valence-corrected chi connectivity index (χ1v) is 6.11. The molecule has 1 heterocycles. The maximum atomic E-state index is 14.1. The fourth-order valence-electron chi connectivity index (χ4n) is 2.10. The molecule has 0 bridgehead atoms. The van der Waals surface area contributed by atoms with Gasteiger partial charge in [-0.1, -0.05) is 11.6 Å². The summed E-state index contributed by atoms with van der Waals surface area (Å²) in [7, 11) is 3.00. The summed E-state index contributed by atoms with van der Waals surface area (Å²) in [5.41, 5.74) is 6.55. The maximum absolute atomic E-state index is 14.1. The first-order valence-electron chi connectivity index (χ1n) is 5.73. The predicted molar refractivity (Wildman–Crippen MR) is 73.4 cm³/mol. The Hall–Kier alpha value is -2.08. The van der Waals surface area contributed by atoms with Crippen molar-refractivity contribution in [1.29, 1.82) is 0 Å². The van der Waals surface area contributed by atoms with Crippen molar-refractivity contribution in [2.24, 2.45) is 12.8 Å². The summed E-state index contributed by atoms with van der Waals surface area (Å²) in [5, 5.41) is 4.31. The quantitative estimate of drug-likeness (QED) is 0.945. The number of ether oxygens (including phenoxy) is 1. The molecule has 5 nitrogen and oxygen atoms in total. The average molecular weight is 298 g/mol. The van der Waals surface area contributed by atoms with E-state index in [1.54, 1.807) is 14.0 Å². The molecule has 7 heteroatoms. The lowest BCUT2D eigenvalue weighted by atomic mass is 10.1. The Morgan fingerprint density at radius 3 is 2.65 bits per heavy atom. The molecule has 1 aromatic carbocycles. The SMILES string of the molecule is COc1cc(-c2nn(C)c(C(N)=O)c2C)c(F)cc1Cl. The van der Waals surface area contributed by atoms with Gasteiger partial charge in [-0.05, 0) is 19.1 Å². The Kier molecular flexibility index (Phi) is 3.67. The number of aromatic nitrogens is 2. The van der Waals surface area contributed by atoms with Crippen molar-refractivity contribution in [2.45, 2.75) is 6.92 Å². The molecule has 0 spiro atoms. The van der Waals surface area contributed by atoms with Crippen LogP contribution < -0.4 is 10.5 Å². The molecule has 2 N–H and O–H groups in total. The number of rotatable bonds is 3. The Morgan fingerprint density at radius 1 is 1.50 bits per heavy atom. The van der Waals surface area contributed by atoms with Crippen LogP contribution in [-0.2, 0) is 7.05 Å². The molecule has 0 fully saturated rings. The number of carbonyl (C=O) groups is 1. The van der Waals surface area contributed by atoms with Crippen LogP contribution in [0.5, 0.6) is 5.75 Å². The topological polar surface area (TPSA) is 70.1 Å². The van der Waals surface area contributed by atoms with Crippen LogP contribution in [0.1, 0.15) is 16.1 Å². The summed E-state index contributed by atoms with van der Waals surface area (Å²) >= 11 is 5.85. The summed E-state index contributed by atoms with van der Waals surface area (Å²) in [5.74, 6) is -0.841. The summed E-state index contributed by atoms with van der Waals surface area (Å²) in [6.07, 6.45) is 0. The van der Waals surface area contributed by atoms with Crippen molar-refractivity contribution in [3.8, 4) is 17.0 Å². The third kappa shape index (κ3) is 2.22. The van der Waals surface area contributed by atoms with Crippen molar-refractivity contribution in [2.75, 3.05) is 7.11 Å². The number of methoxy groups -OCH3 is 1. The molecule has 0 aliphatic heterocycles. The van der Waals surface area contributed by atoms with Crippen LogP contribution >= 0.6 is 11.6 Å². The Labute approximate surface area is 120 Å². The highest BCUT2D eigenvalue weighted by atomic mass is 35.5. The zero-order valence-corrected chi connectivity index (χ0v) is 12.0. The van der Waals surface area contributed by atoms with E-state index in [1.807, 2.05) is 0 Å². The molecular formula is C13H13ClFN3O2. The standard InChI is InChI=1S/C13H13ClFN3O2/c1-6-11(17-18(2)12(6)13(16)19)7-4-10(20-3)8(14)5-9(7)15/h4-5H,1-3H3,(H2,16,19). The Bertz CT molecular complexity index is 697. The van der Waals surface area contributed by atoms with Gasteiger partial charge in [0, 0.05) is 18.2 Å². The van der Waals surface area contributed by atoms with E-state index >= 15 is 0 Å². The van der Waals surface area contributed by atoms with Crippen LogP contribution in [0.3, 0.4) is 0 Å². The predicted octanol–water partition coefficient (Wildman–Crippen LogP) is 2.30. The van der Waals surface area contributed by atoms with Crippen LogP contribution in [-0.4, -0.2) is 22.8 Å². The maximum Gasteiger partial charge on any atom is 0.267 e. The van der Waals surface area contributed by atoms with Crippen molar-refractivity contribution < 1.29 is 13.9 Å². The van der Waals surface area contributed by atoms with E-state index in [2.05, 4.69) is 5.10 Å². The lowest BCUT2D eigenvalue weighted by Gasteiger charge is -2.07. The average Bonchev–Trinajstić information content (AvgIpc) is 2.65. The number of benzene rings is 1. The second-order valence-electron chi connectivity index (χ2n) is 4.28. The number of hydrogen-bond acceptors (Lipinski definition) is 3. The van der Waals surface area contributed by atoms with Crippen LogP contribution in [0, 0.1) is 12.7 Å². The largest absolute Gasteiger partial charge is 0.495 e. The Balaban J connectivity index is 2.69. The molecule has 0 unspecified atom stereocenters. The molecule has 106 valence electrons. The minimum absolute atomic E-state index is 0.164. The molecule has 1 amide bonds. The first kappa shape index (κ1) is 14.3. The highest BCUT2D eigenvalue weighted by molar-refractivity contribution is 6.32. The third-order valence-corrected chi connectivity index (χ3v) is 3.31. The third-order valence-electron chi connectivity index (χ3n) is 3.01. The van der Waals surface area contributed by atoms with Crippen molar-refractivity contribution in [3.63, 3.8) is 0 Å². The second kappa shape index (κ2) is 5.13. The smallest absolute Gasteiger partial charge is 0.267 e. The molecule has 0 aliphatic carbocycles. The molecule has 0 saturated carbocycles. The van der Waals surface area contributed by atoms with Gasteiger partial charge >= 0.3 is 0 Å². The van der Waals surface area contributed by atoms with Gasteiger partial charge in [0.25, 0.3) is 5.91 Å². The van der Waals surface area contributed by atoms with Gasteiger partial charge in [-0.25, -0.2) is 4.39 Å². The molecule has 2 aromatic rings. The summed E-state index contributed by atoms with van der Waals surface area (Å²) in [6, 6.07) is 2.59. The van der Waals surface area contributed by atoms with Gasteiger partial charge in [0.15, 0.2) is 0 Å². The van der Waals surface area contributed by atoms with E-state index < -0.39 is 11.7 Å². The Morgan fingerprint density at radius 2 is 2.15 bits per heavy atom. The normalized spacial score (nSPS) is 10.7. The highest BCUT2D eigenvalue weighted by Gasteiger charge is 2.21. The molecule has 0 saturated heterocycles. The van der Waals surface area contributed by atoms with Gasteiger partial charge < -0.3 is 10.5 Å². The number of primary amides is 1. The van der Waals surface area contributed by atoms with Gasteiger partial charge in [-0.3, -0.25) is 9.48 Å². The van der Waals surface area contributed by atoms with E-state index in [9.17, 15) is 9.18 Å². The minimum Gasteiger partial charge on any atom is -0.495 e. The van der Waals surface area contributed by atoms with E-state index in [-0.39, 0.29) is 16.3 Å². The summed E-state index contributed by atoms with van der Waals surface area (Å²) in [4.78, 5) is 11.4. The number of nitrogens with zero attached hydrogens (tertiary/aromatic N) is 2. The van der Waals surface area contributed by atoms with Gasteiger partial charge in [0.05, 0.1) is 17.8 Å². The molecule has 2 rings (SSSR count). The minimum atomic E-state index is -0.620. The zero-order valence-electron chi connectivity index (χ0n) is 11.2. The first-order chi connectivity index (χ1) is 9.36. The number of halogens is 2. The lowest BCUT2D eigenvalue weighted by molar-refractivity contribution is 0.0991. The summed E-state index contributed by atoms with van der Waals surface area (Å²) < 4.78 is 20.5.